The lowest BCUT2D eigenvalue weighted by Gasteiger charge is -2.26. The van der Waals surface area contributed by atoms with Crippen LogP contribution < -0.4 is 10.1 Å². The highest BCUT2D eigenvalue weighted by Gasteiger charge is 2.10. The summed E-state index contributed by atoms with van der Waals surface area (Å²) in [7, 11) is 0. The number of hydrogen-bond acceptors (Lipinski definition) is 3. The van der Waals surface area contributed by atoms with Crippen LogP contribution in [0.3, 0.4) is 0 Å². The summed E-state index contributed by atoms with van der Waals surface area (Å²) in [5.74, 6) is 0.447. The van der Waals surface area contributed by atoms with Crippen molar-refractivity contribution in [1.29, 1.82) is 0 Å². The van der Waals surface area contributed by atoms with Crippen molar-refractivity contribution in [2.75, 3.05) is 19.7 Å². The third-order valence-electron chi connectivity index (χ3n) is 4.50. The van der Waals surface area contributed by atoms with Crippen molar-refractivity contribution in [1.82, 2.24) is 10.2 Å². The number of hydrogen-bond donors (Lipinski definition) is 1. The minimum Gasteiger partial charge on any atom is -0.484 e. The fraction of sp³-hybridized carbons (Fsp3) is 0.381. The van der Waals surface area contributed by atoms with Crippen LogP contribution in [0.1, 0.15) is 30.4 Å². The second-order valence-electron chi connectivity index (χ2n) is 6.68. The molecule has 1 aliphatic rings. The molecule has 2 aromatic carbocycles. The van der Waals surface area contributed by atoms with Gasteiger partial charge in [0.25, 0.3) is 5.91 Å². The fourth-order valence-corrected chi connectivity index (χ4v) is 3.35. The average molecular weight is 373 g/mol. The van der Waals surface area contributed by atoms with Crippen molar-refractivity contribution >= 4 is 17.5 Å². The largest absolute Gasteiger partial charge is 0.484 e. The predicted molar refractivity (Wildman–Crippen MR) is 104 cm³/mol. The molecule has 0 atom stereocenters. The zero-order valence-electron chi connectivity index (χ0n) is 14.9. The SMILES string of the molecule is O=C(COc1cccc(Cl)c1)NCc1cccc(CN2CCCCC2)c1. The Morgan fingerprint density at radius 3 is 2.62 bits per heavy atom. The van der Waals surface area contributed by atoms with Gasteiger partial charge in [0.05, 0.1) is 0 Å². The van der Waals surface area contributed by atoms with Gasteiger partial charge < -0.3 is 10.1 Å². The molecule has 3 rings (SSSR count). The summed E-state index contributed by atoms with van der Waals surface area (Å²) in [4.78, 5) is 14.5. The minimum absolute atomic E-state index is 0.0200. The van der Waals surface area contributed by atoms with Crippen molar-refractivity contribution in [3.05, 3.63) is 64.7 Å². The van der Waals surface area contributed by atoms with Gasteiger partial charge in [-0.1, -0.05) is 48.4 Å². The van der Waals surface area contributed by atoms with Gasteiger partial charge in [-0.3, -0.25) is 9.69 Å². The van der Waals surface area contributed by atoms with Crippen LogP contribution in [0.4, 0.5) is 0 Å². The van der Waals surface area contributed by atoms with Gasteiger partial charge >= 0.3 is 0 Å². The highest BCUT2D eigenvalue weighted by molar-refractivity contribution is 6.30. The topological polar surface area (TPSA) is 41.6 Å². The Labute approximate surface area is 160 Å². The first-order chi connectivity index (χ1) is 12.7. The summed E-state index contributed by atoms with van der Waals surface area (Å²) in [6.07, 6.45) is 3.94. The molecule has 1 N–H and O–H groups in total. The predicted octanol–water partition coefficient (Wildman–Crippen LogP) is 4.02. The van der Waals surface area contributed by atoms with Crippen LogP contribution in [0, 0.1) is 0 Å². The molecule has 0 saturated carbocycles. The molecule has 26 heavy (non-hydrogen) atoms. The van der Waals surface area contributed by atoms with Gasteiger partial charge in [0.2, 0.25) is 0 Å². The zero-order chi connectivity index (χ0) is 18.2. The zero-order valence-corrected chi connectivity index (χ0v) is 15.7. The number of halogens is 1. The van der Waals surface area contributed by atoms with Gasteiger partial charge in [0.15, 0.2) is 6.61 Å². The number of piperidine rings is 1. The molecule has 1 aliphatic heterocycles. The normalized spacial score (nSPS) is 14.8. The number of nitrogens with zero attached hydrogens (tertiary/aromatic N) is 1. The van der Waals surface area contributed by atoms with E-state index in [0.29, 0.717) is 17.3 Å². The molecule has 1 heterocycles. The van der Waals surface area contributed by atoms with Crippen LogP contribution in [-0.4, -0.2) is 30.5 Å². The molecule has 0 spiro atoms. The third-order valence-corrected chi connectivity index (χ3v) is 4.74. The van der Waals surface area contributed by atoms with Gasteiger partial charge in [-0.2, -0.15) is 0 Å². The molecule has 5 heteroatoms. The van der Waals surface area contributed by atoms with Gasteiger partial charge in [-0.05, 0) is 55.3 Å². The number of benzene rings is 2. The smallest absolute Gasteiger partial charge is 0.258 e. The first kappa shape index (κ1) is 18.7. The number of carbonyl (C=O) groups excluding carboxylic acids is 1. The van der Waals surface area contributed by atoms with E-state index >= 15 is 0 Å². The van der Waals surface area contributed by atoms with E-state index in [1.54, 1.807) is 24.3 Å². The summed E-state index contributed by atoms with van der Waals surface area (Å²) in [6.45, 7) is 3.84. The molecule has 138 valence electrons. The summed E-state index contributed by atoms with van der Waals surface area (Å²) < 4.78 is 5.46. The summed E-state index contributed by atoms with van der Waals surface area (Å²) >= 11 is 5.90. The first-order valence-electron chi connectivity index (χ1n) is 9.14. The molecule has 4 nitrogen and oxygen atoms in total. The van der Waals surface area contributed by atoms with Crippen molar-refractivity contribution in [2.24, 2.45) is 0 Å². The van der Waals surface area contributed by atoms with Gasteiger partial charge in [0.1, 0.15) is 5.75 Å². The van der Waals surface area contributed by atoms with Gasteiger partial charge in [-0.15, -0.1) is 0 Å². The number of amides is 1. The Bertz CT molecular complexity index is 729. The molecule has 0 bridgehead atoms. The standard InChI is InChI=1S/C21H25ClN2O2/c22-19-8-5-9-20(13-19)26-16-21(25)23-14-17-6-4-7-18(12-17)15-24-10-2-1-3-11-24/h4-9,12-13H,1-3,10-11,14-16H2,(H,23,25). The quantitative estimate of drug-likeness (QED) is 0.798. The van der Waals surface area contributed by atoms with Gasteiger partial charge in [0, 0.05) is 18.1 Å². The maximum atomic E-state index is 12.0. The Morgan fingerprint density at radius 2 is 1.81 bits per heavy atom. The molecule has 1 fully saturated rings. The van der Waals surface area contributed by atoms with Crippen LogP contribution in [-0.2, 0) is 17.9 Å². The molecule has 0 unspecified atom stereocenters. The Morgan fingerprint density at radius 1 is 1.04 bits per heavy atom. The monoisotopic (exact) mass is 372 g/mol. The van der Waals surface area contributed by atoms with Crippen molar-refractivity contribution in [3.8, 4) is 5.75 Å². The highest BCUT2D eigenvalue weighted by atomic mass is 35.5. The lowest BCUT2D eigenvalue weighted by molar-refractivity contribution is -0.123. The van der Waals surface area contributed by atoms with Crippen molar-refractivity contribution < 1.29 is 9.53 Å². The summed E-state index contributed by atoms with van der Waals surface area (Å²) in [6, 6.07) is 15.5. The molecule has 0 radical (unpaired) electrons. The maximum absolute atomic E-state index is 12.0. The van der Waals surface area contributed by atoms with Crippen LogP contribution in [0.5, 0.6) is 5.75 Å². The van der Waals surface area contributed by atoms with Gasteiger partial charge in [-0.25, -0.2) is 0 Å². The Balaban J connectivity index is 1.44. The molecular formula is C21H25ClN2O2. The lowest BCUT2D eigenvalue weighted by atomic mass is 10.1. The van der Waals surface area contributed by atoms with E-state index < -0.39 is 0 Å². The van der Waals surface area contributed by atoms with Crippen LogP contribution in [0.15, 0.2) is 48.5 Å². The molecule has 0 aliphatic carbocycles. The number of ether oxygens (including phenoxy) is 1. The lowest BCUT2D eigenvalue weighted by Crippen LogP contribution is -2.29. The Hall–Kier alpha value is -2.04. The molecule has 0 aromatic heterocycles. The van der Waals surface area contributed by atoms with E-state index in [-0.39, 0.29) is 12.5 Å². The van der Waals surface area contributed by atoms with E-state index in [1.165, 1.54) is 37.9 Å². The van der Waals surface area contributed by atoms with E-state index in [9.17, 15) is 4.79 Å². The maximum Gasteiger partial charge on any atom is 0.258 e. The van der Waals surface area contributed by atoms with Crippen molar-refractivity contribution in [3.63, 3.8) is 0 Å². The number of nitrogens with one attached hydrogen (secondary N) is 1. The second-order valence-corrected chi connectivity index (χ2v) is 7.12. The van der Waals surface area contributed by atoms with Crippen LogP contribution in [0.2, 0.25) is 5.02 Å². The van der Waals surface area contributed by atoms with E-state index in [2.05, 4.69) is 28.4 Å². The van der Waals surface area contributed by atoms with Crippen LogP contribution >= 0.6 is 11.6 Å². The highest BCUT2D eigenvalue weighted by Crippen LogP contribution is 2.17. The minimum atomic E-state index is -0.147. The van der Waals surface area contributed by atoms with E-state index in [4.69, 9.17) is 16.3 Å². The first-order valence-corrected chi connectivity index (χ1v) is 9.52. The number of carbonyl (C=O) groups is 1. The number of likely N-dealkylation sites (tertiary alicyclic amines) is 1. The molecule has 1 amide bonds. The number of rotatable bonds is 7. The third kappa shape index (κ3) is 6.04. The summed E-state index contributed by atoms with van der Waals surface area (Å²) in [5.41, 5.74) is 2.41. The second kappa shape index (κ2) is 9.60. The molecule has 1 saturated heterocycles. The fourth-order valence-electron chi connectivity index (χ4n) is 3.17. The summed E-state index contributed by atoms with van der Waals surface area (Å²) in [5, 5.41) is 3.50. The Kier molecular flexibility index (Phi) is 6.92. The average Bonchev–Trinajstić information content (AvgIpc) is 2.66. The van der Waals surface area contributed by atoms with E-state index in [1.807, 2.05) is 6.07 Å². The molecular weight excluding hydrogens is 348 g/mol. The van der Waals surface area contributed by atoms with Crippen molar-refractivity contribution in [2.45, 2.75) is 32.4 Å². The van der Waals surface area contributed by atoms with E-state index in [0.717, 1.165) is 12.1 Å². The van der Waals surface area contributed by atoms with Crippen LogP contribution in [0.25, 0.3) is 0 Å². The molecule has 2 aromatic rings.